The average Bonchev–Trinajstić information content (AvgIpc) is 2.03. The second-order valence-corrected chi connectivity index (χ2v) is 2.62. The van der Waals surface area contributed by atoms with Crippen LogP contribution in [0.4, 0.5) is 5.69 Å². The summed E-state index contributed by atoms with van der Waals surface area (Å²) in [4.78, 5) is 20.9. The van der Waals surface area contributed by atoms with Gasteiger partial charge in [0, 0.05) is 17.2 Å². The normalized spacial score (nSPS) is 9.69. The van der Waals surface area contributed by atoms with Crippen LogP contribution in [0, 0.1) is 17.0 Å². The molecule has 0 N–H and O–H groups in total. The van der Waals surface area contributed by atoms with Crippen LogP contribution in [0.5, 0.6) is 0 Å². The van der Waals surface area contributed by atoms with Crippen molar-refractivity contribution < 1.29 is 9.72 Å². The van der Waals surface area contributed by atoms with Crippen LogP contribution in [0.3, 0.4) is 0 Å². The van der Waals surface area contributed by atoms with Gasteiger partial charge in [-0.25, -0.2) is 0 Å². The molecule has 1 radical (unpaired) electrons. The van der Waals surface area contributed by atoms with Gasteiger partial charge in [-0.3, -0.25) is 14.9 Å². The highest BCUT2D eigenvalue weighted by molar-refractivity contribution is 5.96. The lowest BCUT2D eigenvalue weighted by Crippen LogP contribution is -1.99. The molecule has 4 heteroatoms. The first-order valence-corrected chi connectivity index (χ1v) is 3.64. The summed E-state index contributed by atoms with van der Waals surface area (Å²) in [5, 5.41) is 10.5. The maximum absolute atomic E-state index is 11.0. The lowest BCUT2D eigenvalue weighted by Gasteiger charge is -2.01. The molecule has 0 saturated heterocycles. The molecule has 1 rings (SSSR count). The van der Waals surface area contributed by atoms with Gasteiger partial charge in [0.1, 0.15) is 0 Å². The SMILES string of the molecule is [CH2]c1c(C(C)=O)cccc1[N+](=O)[O-]. The number of ketones is 1. The van der Waals surface area contributed by atoms with Crippen LogP contribution >= 0.6 is 0 Å². The van der Waals surface area contributed by atoms with Crippen molar-refractivity contribution in [3.63, 3.8) is 0 Å². The lowest BCUT2D eigenvalue weighted by atomic mass is 10.0. The Morgan fingerprint density at radius 1 is 1.54 bits per heavy atom. The molecule has 67 valence electrons. The molecule has 0 aliphatic rings. The Morgan fingerprint density at radius 3 is 2.62 bits per heavy atom. The highest BCUT2D eigenvalue weighted by atomic mass is 16.6. The molecule has 1 aromatic carbocycles. The number of rotatable bonds is 2. The van der Waals surface area contributed by atoms with Crippen LogP contribution < -0.4 is 0 Å². The zero-order valence-electron chi connectivity index (χ0n) is 7.11. The van der Waals surface area contributed by atoms with E-state index in [0.717, 1.165) is 0 Å². The summed E-state index contributed by atoms with van der Waals surface area (Å²) in [5.74, 6) is -0.214. The number of nitro benzene ring substituents is 1. The highest BCUT2D eigenvalue weighted by Gasteiger charge is 2.14. The van der Waals surface area contributed by atoms with E-state index in [1.807, 2.05) is 0 Å². The molecular weight excluding hydrogens is 170 g/mol. The van der Waals surface area contributed by atoms with Crippen molar-refractivity contribution in [3.05, 3.63) is 46.4 Å². The lowest BCUT2D eigenvalue weighted by molar-refractivity contribution is -0.385. The van der Waals surface area contributed by atoms with Crippen molar-refractivity contribution in [2.45, 2.75) is 6.92 Å². The quantitative estimate of drug-likeness (QED) is 0.395. The minimum Gasteiger partial charge on any atom is -0.294 e. The number of nitrogens with zero attached hydrogens (tertiary/aromatic N) is 1. The smallest absolute Gasteiger partial charge is 0.273 e. The van der Waals surface area contributed by atoms with E-state index >= 15 is 0 Å². The molecule has 4 nitrogen and oxygen atoms in total. The topological polar surface area (TPSA) is 60.2 Å². The second-order valence-electron chi connectivity index (χ2n) is 2.62. The van der Waals surface area contributed by atoms with Gasteiger partial charge < -0.3 is 0 Å². The molecular formula is C9H8NO3. The third kappa shape index (κ3) is 1.72. The first-order valence-electron chi connectivity index (χ1n) is 3.64. The number of carbonyl (C=O) groups is 1. The predicted octanol–water partition coefficient (Wildman–Crippen LogP) is 1.98. The molecule has 1 aromatic rings. The van der Waals surface area contributed by atoms with Crippen molar-refractivity contribution in [1.82, 2.24) is 0 Å². The number of hydrogen-bond donors (Lipinski definition) is 0. The average molecular weight is 178 g/mol. The predicted molar refractivity (Wildman–Crippen MR) is 47.6 cm³/mol. The number of benzene rings is 1. The highest BCUT2D eigenvalue weighted by Crippen LogP contribution is 2.20. The molecule has 0 amide bonds. The number of hydrogen-bond acceptors (Lipinski definition) is 3. The van der Waals surface area contributed by atoms with Gasteiger partial charge in [0.05, 0.1) is 4.92 Å². The van der Waals surface area contributed by atoms with Gasteiger partial charge in [0.15, 0.2) is 5.78 Å². The third-order valence-corrected chi connectivity index (χ3v) is 1.73. The molecule has 0 fully saturated rings. The van der Waals surface area contributed by atoms with Crippen LogP contribution in [0.2, 0.25) is 0 Å². The van der Waals surface area contributed by atoms with Gasteiger partial charge >= 0.3 is 0 Å². The Balaban J connectivity index is 3.35. The van der Waals surface area contributed by atoms with Crippen molar-refractivity contribution in [2.75, 3.05) is 0 Å². The summed E-state index contributed by atoms with van der Waals surface area (Å²) in [6.07, 6.45) is 0. The van der Waals surface area contributed by atoms with Gasteiger partial charge in [0.2, 0.25) is 0 Å². The maximum Gasteiger partial charge on any atom is 0.273 e. The van der Waals surface area contributed by atoms with Crippen LogP contribution in [0.15, 0.2) is 18.2 Å². The van der Waals surface area contributed by atoms with Gasteiger partial charge in [-0.2, -0.15) is 0 Å². The number of Topliss-reactive ketones (excluding diaryl/α,β-unsaturated/α-hetero) is 1. The van der Waals surface area contributed by atoms with Crippen molar-refractivity contribution in [1.29, 1.82) is 0 Å². The van der Waals surface area contributed by atoms with E-state index < -0.39 is 4.92 Å². The van der Waals surface area contributed by atoms with Crippen molar-refractivity contribution in [2.24, 2.45) is 0 Å². The maximum atomic E-state index is 11.0. The Bertz CT molecular complexity index is 339. The fourth-order valence-electron chi connectivity index (χ4n) is 1.08. The van der Waals surface area contributed by atoms with Crippen molar-refractivity contribution in [3.8, 4) is 0 Å². The zero-order chi connectivity index (χ0) is 10.0. The molecule has 0 spiro atoms. The van der Waals surface area contributed by atoms with Crippen LogP contribution in [-0.2, 0) is 0 Å². The van der Waals surface area contributed by atoms with Crippen LogP contribution in [-0.4, -0.2) is 10.7 Å². The molecule has 0 unspecified atom stereocenters. The molecule has 0 heterocycles. The summed E-state index contributed by atoms with van der Waals surface area (Å²) >= 11 is 0. The monoisotopic (exact) mass is 178 g/mol. The summed E-state index contributed by atoms with van der Waals surface area (Å²) in [6, 6.07) is 4.33. The van der Waals surface area contributed by atoms with E-state index in [1.165, 1.54) is 25.1 Å². The molecule has 0 aliphatic carbocycles. The van der Waals surface area contributed by atoms with Crippen LogP contribution in [0.1, 0.15) is 22.8 Å². The fourth-order valence-corrected chi connectivity index (χ4v) is 1.08. The van der Waals surface area contributed by atoms with Gasteiger partial charge in [-0.1, -0.05) is 12.1 Å². The summed E-state index contributed by atoms with van der Waals surface area (Å²) in [6.45, 7) is 4.86. The minimum absolute atomic E-state index is 0.118. The number of nitro groups is 1. The molecule has 13 heavy (non-hydrogen) atoms. The van der Waals surface area contributed by atoms with E-state index in [1.54, 1.807) is 0 Å². The first-order chi connectivity index (χ1) is 6.04. The number of carbonyl (C=O) groups excluding carboxylic acids is 1. The molecule has 0 bridgehead atoms. The fraction of sp³-hybridized carbons (Fsp3) is 0.111. The van der Waals surface area contributed by atoms with Gasteiger partial charge in [0.25, 0.3) is 5.69 Å². The first kappa shape index (κ1) is 9.38. The summed E-state index contributed by atoms with van der Waals surface area (Å²) < 4.78 is 0. The molecule has 0 aromatic heterocycles. The minimum atomic E-state index is -0.547. The van der Waals surface area contributed by atoms with E-state index in [2.05, 4.69) is 6.92 Å². The summed E-state index contributed by atoms with van der Waals surface area (Å²) in [5.41, 5.74) is 0.363. The Morgan fingerprint density at radius 2 is 2.15 bits per heavy atom. The van der Waals surface area contributed by atoms with E-state index in [9.17, 15) is 14.9 Å². The summed E-state index contributed by atoms with van der Waals surface area (Å²) in [7, 11) is 0. The Labute approximate surface area is 75.3 Å². The molecule has 0 atom stereocenters. The standard InChI is InChI=1S/C9H8NO3/c1-6-8(7(2)11)4-3-5-9(6)10(12)13/h3-5H,1H2,2H3. The van der Waals surface area contributed by atoms with E-state index in [4.69, 9.17) is 0 Å². The third-order valence-electron chi connectivity index (χ3n) is 1.73. The Hall–Kier alpha value is -1.71. The van der Waals surface area contributed by atoms with Crippen LogP contribution in [0.25, 0.3) is 0 Å². The van der Waals surface area contributed by atoms with Gasteiger partial charge in [-0.15, -0.1) is 0 Å². The molecule has 0 saturated carbocycles. The van der Waals surface area contributed by atoms with Gasteiger partial charge in [-0.05, 0) is 13.8 Å². The Kier molecular flexibility index (Phi) is 2.41. The largest absolute Gasteiger partial charge is 0.294 e. The van der Waals surface area contributed by atoms with E-state index in [0.29, 0.717) is 5.56 Å². The second kappa shape index (κ2) is 3.35. The zero-order valence-corrected chi connectivity index (χ0v) is 7.11. The molecule has 0 aliphatic heterocycles. The van der Waals surface area contributed by atoms with E-state index in [-0.39, 0.29) is 17.0 Å². The van der Waals surface area contributed by atoms with Crippen molar-refractivity contribution >= 4 is 11.5 Å².